The maximum absolute atomic E-state index is 10.4. The number of nitrogens with two attached hydrogens (primary N) is 1. The first-order chi connectivity index (χ1) is 9.04. The van der Waals surface area contributed by atoms with E-state index in [1.165, 1.54) is 0 Å². The number of anilines is 1. The van der Waals surface area contributed by atoms with E-state index in [-0.39, 0.29) is 6.04 Å². The van der Waals surface area contributed by atoms with Crippen LogP contribution in [-0.4, -0.2) is 29.3 Å². The minimum atomic E-state index is -0.521. The summed E-state index contributed by atoms with van der Waals surface area (Å²) in [7, 11) is 2.01. The molecule has 0 radical (unpaired) electrons. The third-order valence-corrected chi connectivity index (χ3v) is 4.10. The van der Waals surface area contributed by atoms with E-state index in [0.717, 1.165) is 43.5 Å². The van der Waals surface area contributed by atoms with E-state index in [4.69, 9.17) is 5.73 Å². The summed E-state index contributed by atoms with van der Waals surface area (Å²) in [5.74, 6) is 0. The quantitative estimate of drug-likeness (QED) is 0.855. The molecule has 4 heteroatoms. The van der Waals surface area contributed by atoms with E-state index in [1.54, 1.807) is 0 Å². The van der Waals surface area contributed by atoms with Crippen LogP contribution in [0.25, 0.3) is 0 Å². The van der Waals surface area contributed by atoms with Crippen LogP contribution in [0.15, 0.2) is 18.3 Å². The summed E-state index contributed by atoms with van der Waals surface area (Å²) in [5, 5.41) is 10.4. The Balaban J connectivity index is 2.01. The highest BCUT2D eigenvalue weighted by molar-refractivity contribution is 5.44. The summed E-state index contributed by atoms with van der Waals surface area (Å²) in [4.78, 5) is 6.50. The van der Waals surface area contributed by atoms with Gasteiger partial charge in [0.1, 0.15) is 0 Å². The molecule has 1 aromatic heterocycles. The fourth-order valence-electron chi connectivity index (χ4n) is 2.78. The molecular weight excluding hydrogens is 238 g/mol. The van der Waals surface area contributed by atoms with E-state index < -0.39 is 5.60 Å². The van der Waals surface area contributed by atoms with E-state index >= 15 is 0 Å². The summed E-state index contributed by atoms with van der Waals surface area (Å²) < 4.78 is 0. The molecule has 1 fully saturated rings. The van der Waals surface area contributed by atoms with Crippen molar-refractivity contribution in [2.75, 3.05) is 18.5 Å². The predicted molar refractivity (Wildman–Crippen MR) is 78.1 cm³/mol. The lowest BCUT2D eigenvalue weighted by atomic mass is 10.0. The lowest BCUT2D eigenvalue weighted by Crippen LogP contribution is -2.39. The number of rotatable bonds is 5. The number of hydrogen-bond donors (Lipinski definition) is 2. The van der Waals surface area contributed by atoms with Crippen LogP contribution in [0, 0.1) is 0 Å². The van der Waals surface area contributed by atoms with Gasteiger partial charge >= 0.3 is 0 Å². The highest BCUT2D eigenvalue weighted by atomic mass is 16.3. The maximum Gasteiger partial charge on any atom is 0.0821 e. The fourth-order valence-corrected chi connectivity index (χ4v) is 2.78. The standard InChI is InChI=1S/C15H25N3O/c1-3-13(16)14-7-6-12(10-17-14)18(2)11-15(19)8-4-5-9-15/h6-7,10,13,19H,3-5,8-9,11,16H2,1-2H3/t13-/m1/s1. The van der Waals surface area contributed by atoms with Crippen LogP contribution in [0.1, 0.15) is 50.8 Å². The van der Waals surface area contributed by atoms with E-state index in [0.29, 0.717) is 6.54 Å². The van der Waals surface area contributed by atoms with Crippen LogP contribution in [0.4, 0.5) is 5.69 Å². The first-order valence-electron chi connectivity index (χ1n) is 7.19. The summed E-state index contributed by atoms with van der Waals surface area (Å²) in [6.45, 7) is 2.73. The largest absolute Gasteiger partial charge is 0.388 e. The first kappa shape index (κ1) is 14.3. The molecule has 3 N–H and O–H groups in total. The predicted octanol–water partition coefficient (Wildman–Crippen LogP) is 2.23. The zero-order chi connectivity index (χ0) is 13.9. The molecule has 1 aliphatic rings. The molecule has 0 aliphatic heterocycles. The molecule has 1 heterocycles. The molecule has 2 rings (SSSR count). The lowest BCUT2D eigenvalue weighted by molar-refractivity contribution is 0.0559. The van der Waals surface area contributed by atoms with Crippen molar-refractivity contribution in [2.45, 2.75) is 50.7 Å². The fraction of sp³-hybridized carbons (Fsp3) is 0.667. The van der Waals surface area contributed by atoms with Crippen LogP contribution in [-0.2, 0) is 0 Å². The van der Waals surface area contributed by atoms with Gasteiger partial charge in [-0.2, -0.15) is 0 Å². The molecule has 0 spiro atoms. The van der Waals surface area contributed by atoms with Crippen LogP contribution in [0.2, 0.25) is 0 Å². The van der Waals surface area contributed by atoms with Gasteiger partial charge in [0.05, 0.1) is 23.2 Å². The molecule has 0 saturated heterocycles. The van der Waals surface area contributed by atoms with Gasteiger partial charge in [-0.1, -0.05) is 19.8 Å². The molecule has 1 aliphatic carbocycles. The Morgan fingerprint density at radius 2 is 2.11 bits per heavy atom. The summed E-state index contributed by atoms with van der Waals surface area (Å²) in [6, 6.07) is 4.04. The van der Waals surface area contributed by atoms with Gasteiger partial charge < -0.3 is 15.7 Å². The number of aromatic nitrogens is 1. The van der Waals surface area contributed by atoms with Crippen LogP contribution >= 0.6 is 0 Å². The van der Waals surface area contributed by atoms with Crippen LogP contribution in [0.5, 0.6) is 0 Å². The molecular formula is C15H25N3O. The van der Waals surface area contributed by atoms with Crippen LogP contribution in [0.3, 0.4) is 0 Å². The Morgan fingerprint density at radius 3 is 2.63 bits per heavy atom. The zero-order valence-corrected chi connectivity index (χ0v) is 12.0. The van der Waals surface area contributed by atoms with Gasteiger partial charge in [0, 0.05) is 19.6 Å². The highest BCUT2D eigenvalue weighted by Gasteiger charge is 2.32. The molecule has 0 bridgehead atoms. The molecule has 1 atom stereocenters. The molecule has 0 amide bonds. The second kappa shape index (κ2) is 5.88. The van der Waals surface area contributed by atoms with Gasteiger partial charge in [0.2, 0.25) is 0 Å². The summed E-state index contributed by atoms with van der Waals surface area (Å²) in [5.41, 5.74) is 7.40. The Labute approximate surface area is 115 Å². The first-order valence-corrected chi connectivity index (χ1v) is 7.19. The Kier molecular flexibility index (Phi) is 4.42. The van der Waals surface area contributed by atoms with Crippen molar-refractivity contribution < 1.29 is 5.11 Å². The number of pyridine rings is 1. The van der Waals surface area contributed by atoms with E-state index in [2.05, 4.69) is 16.8 Å². The minimum Gasteiger partial charge on any atom is -0.388 e. The van der Waals surface area contributed by atoms with Crippen molar-refractivity contribution in [3.05, 3.63) is 24.0 Å². The molecule has 1 saturated carbocycles. The topological polar surface area (TPSA) is 62.4 Å². The van der Waals surface area contributed by atoms with Gasteiger partial charge in [0.15, 0.2) is 0 Å². The van der Waals surface area contributed by atoms with Crippen molar-refractivity contribution in [1.29, 1.82) is 0 Å². The molecule has 4 nitrogen and oxygen atoms in total. The van der Waals surface area contributed by atoms with E-state index in [9.17, 15) is 5.11 Å². The van der Waals surface area contributed by atoms with Crippen molar-refractivity contribution in [3.63, 3.8) is 0 Å². The Morgan fingerprint density at radius 1 is 1.42 bits per heavy atom. The molecule has 0 unspecified atom stereocenters. The number of hydrogen-bond acceptors (Lipinski definition) is 4. The van der Waals surface area contributed by atoms with Gasteiger partial charge in [0.25, 0.3) is 0 Å². The number of likely N-dealkylation sites (N-methyl/N-ethyl adjacent to an activating group) is 1. The van der Waals surface area contributed by atoms with Gasteiger partial charge in [-0.05, 0) is 31.4 Å². The SMILES string of the molecule is CC[C@@H](N)c1ccc(N(C)CC2(O)CCCC2)cn1. The average Bonchev–Trinajstić information content (AvgIpc) is 2.84. The average molecular weight is 263 g/mol. The second-order valence-corrected chi connectivity index (χ2v) is 5.74. The highest BCUT2D eigenvalue weighted by Crippen LogP contribution is 2.31. The van der Waals surface area contributed by atoms with Gasteiger partial charge in [-0.3, -0.25) is 4.98 Å². The second-order valence-electron chi connectivity index (χ2n) is 5.74. The van der Waals surface area contributed by atoms with Crippen molar-refractivity contribution in [3.8, 4) is 0 Å². The Bertz CT molecular complexity index is 398. The van der Waals surface area contributed by atoms with Gasteiger partial charge in [-0.15, -0.1) is 0 Å². The van der Waals surface area contributed by atoms with Gasteiger partial charge in [-0.25, -0.2) is 0 Å². The maximum atomic E-state index is 10.4. The number of aliphatic hydroxyl groups is 1. The minimum absolute atomic E-state index is 0.0124. The molecule has 19 heavy (non-hydrogen) atoms. The zero-order valence-electron chi connectivity index (χ0n) is 12.0. The summed E-state index contributed by atoms with van der Waals surface area (Å²) in [6.07, 6.45) is 6.82. The third kappa shape index (κ3) is 3.45. The normalized spacial score (nSPS) is 19.4. The number of nitrogens with zero attached hydrogens (tertiary/aromatic N) is 2. The van der Waals surface area contributed by atoms with Crippen molar-refractivity contribution in [2.24, 2.45) is 5.73 Å². The monoisotopic (exact) mass is 263 g/mol. The third-order valence-electron chi connectivity index (χ3n) is 4.10. The Hall–Kier alpha value is -1.13. The summed E-state index contributed by atoms with van der Waals surface area (Å²) >= 11 is 0. The van der Waals surface area contributed by atoms with Crippen molar-refractivity contribution in [1.82, 2.24) is 4.98 Å². The molecule has 0 aromatic carbocycles. The van der Waals surface area contributed by atoms with Crippen LogP contribution < -0.4 is 10.6 Å². The lowest BCUT2D eigenvalue weighted by Gasteiger charge is -2.30. The van der Waals surface area contributed by atoms with E-state index in [1.807, 2.05) is 25.4 Å². The smallest absolute Gasteiger partial charge is 0.0821 e. The van der Waals surface area contributed by atoms with Crippen molar-refractivity contribution >= 4 is 5.69 Å². The molecule has 106 valence electrons. The molecule has 1 aromatic rings.